The second-order valence-electron chi connectivity index (χ2n) is 8.96. The number of esters is 1. The van der Waals surface area contributed by atoms with Crippen LogP contribution in [0, 0.1) is 0 Å². The molecule has 2 N–H and O–H groups in total. The molecule has 5 nitrogen and oxygen atoms in total. The Balaban J connectivity index is 1.57. The van der Waals surface area contributed by atoms with Crippen molar-refractivity contribution in [1.82, 2.24) is 0 Å². The second kappa shape index (κ2) is 8.45. The molecule has 178 valence electrons. The van der Waals surface area contributed by atoms with Gasteiger partial charge in [0, 0.05) is 0 Å². The summed E-state index contributed by atoms with van der Waals surface area (Å²) in [5.74, 6) is 3.59. The number of hydrogen-bond acceptors (Lipinski definition) is 7. The molecule has 4 aliphatic rings. The van der Waals surface area contributed by atoms with E-state index in [1.165, 1.54) is 12.8 Å². The van der Waals surface area contributed by atoms with Gasteiger partial charge in [-0.2, -0.15) is 0 Å². The molecule has 4 heterocycles. The summed E-state index contributed by atoms with van der Waals surface area (Å²) < 4.78 is 15.0. The van der Waals surface area contributed by atoms with Crippen molar-refractivity contribution < 1.29 is 24.5 Å². The zero-order valence-corrected chi connectivity index (χ0v) is 24.1. The van der Waals surface area contributed by atoms with Crippen LogP contribution in [-0.2, 0) is 10.3 Å². The Morgan fingerprint density at radius 1 is 0.800 bits per heavy atom. The molecule has 7 rings (SSSR count). The minimum atomic E-state index is -1.69. The molecule has 4 aliphatic heterocycles. The van der Waals surface area contributed by atoms with Crippen LogP contribution >= 0.6 is 20.0 Å². The average molecular weight is 628 g/mol. The van der Waals surface area contributed by atoms with E-state index in [2.05, 4.69) is 0 Å². The Labute approximate surface area is 219 Å². The van der Waals surface area contributed by atoms with Gasteiger partial charge in [-0.3, -0.25) is 0 Å². The first-order valence-electron chi connectivity index (χ1n) is 11.6. The van der Waals surface area contributed by atoms with Crippen LogP contribution in [0.25, 0.3) is 0 Å². The van der Waals surface area contributed by atoms with E-state index < -0.39 is 32.6 Å². The topological polar surface area (TPSA) is 76.0 Å². The van der Waals surface area contributed by atoms with Crippen LogP contribution in [0.5, 0.6) is 23.0 Å². The quantitative estimate of drug-likeness (QED) is 0.323. The number of benzene rings is 3. The van der Waals surface area contributed by atoms with Gasteiger partial charge in [0.1, 0.15) is 0 Å². The van der Waals surface area contributed by atoms with Gasteiger partial charge in [0.15, 0.2) is 0 Å². The number of fused-ring (bicyclic) bond motifs is 6. The number of ether oxygens (including phenoxy) is 2. The minimum absolute atomic E-state index is 0.252. The molecule has 1 atom stereocenters. The van der Waals surface area contributed by atoms with Crippen molar-refractivity contribution >= 4 is 61.7 Å². The maximum absolute atomic E-state index is 13.2. The normalized spacial score (nSPS) is 23.1. The summed E-state index contributed by atoms with van der Waals surface area (Å²) in [5, 5.41) is 24.4. The van der Waals surface area contributed by atoms with E-state index >= 15 is 0 Å². The Morgan fingerprint density at radius 3 is 2.14 bits per heavy atom. The predicted molar refractivity (Wildman–Crippen MR) is 143 cm³/mol. The van der Waals surface area contributed by atoms with E-state index in [4.69, 9.17) is 9.47 Å². The molecule has 2 fully saturated rings. The molecule has 35 heavy (non-hydrogen) atoms. The van der Waals surface area contributed by atoms with Gasteiger partial charge < -0.3 is 0 Å². The summed E-state index contributed by atoms with van der Waals surface area (Å²) in [6.45, 7) is 0. The second-order valence-corrected chi connectivity index (χ2v) is 25.6. The standard InChI is InChI=1S/C26H22As2O5S2/c29-19-9-7-17-23(21(19)27-11-3-4-12-27)32-24-18(8-10-20(30)22(24)28-34-13-14-35-28)26(17)16-6-2-1-5-15(16)25(31)33-26/h1-2,5-10,29-30H,3-4,11-14H2. The fourth-order valence-electron chi connectivity index (χ4n) is 5.58. The number of phenols is 2. The fraction of sp³-hybridized carbons (Fsp3) is 0.269. The molecule has 3 aromatic rings. The maximum atomic E-state index is 13.2. The number of phenolic OH excluding ortho intramolecular Hbond substituents is 2. The van der Waals surface area contributed by atoms with Crippen LogP contribution in [0.2, 0.25) is 10.4 Å². The van der Waals surface area contributed by atoms with Crippen molar-refractivity contribution in [3.8, 4) is 23.0 Å². The van der Waals surface area contributed by atoms with E-state index in [1.54, 1.807) is 12.1 Å². The Bertz CT molecular complexity index is 1310. The number of hydrogen-bond donors (Lipinski definition) is 2. The average Bonchev–Trinajstić information content (AvgIpc) is 3.62. The molecule has 0 aromatic heterocycles. The third-order valence-electron chi connectivity index (χ3n) is 7.06. The summed E-state index contributed by atoms with van der Waals surface area (Å²) >= 11 is -3.22. The summed E-state index contributed by atoms with van der Waals surface area (Å²) in [6.07, 6.45) is 2.36. The van der Waals surface area contributed by atoms with Crippen LogP contribution in [0.1, 0.15) is 39.9 Å². The molecule has 1 unspecified atom stereocenters. The number of aromatic hydroxyl groups is 2. The number of carbonyl (C=O) groups is 1. The summed E-state index contributed by atoms with van der Waals surface area (Å²) in [6, 6.07) is 14.8. The number of rotatable bonds is 2. The van der Waals surface area contributed by atoms with Crippen molar-refractivity contribution in [1.29, 1.82) is 0 Å². The van der Waals surface area contributed by atoms with Gasteiger partial charge in [-0.15, -0.1) is 0 Å². The van der Waals surface area contributed by atoms with Crippen LogP contribution in [0.3, 0.4) is 0 Å². The van der Waals surface area contributed by atoms with Gasteiger partial charge >= 0.3 is 220 Å². The van der Waals surface area contributed by atoms with Crippen LogP contribution in [0.4, 0.5) is 0 Å². The van der Waals surface area contributed by atoms with E-state index in [9.17, 15) is 15.0 Å². The van der Waals surface area contributed by atoms with Crippen molar-refractivity contribution in [3.05, 3.63) is 70.8 Å². The molecule has 0 radical (unpaired) electrons. The Hall–Kier alpha value is -1.65. The van der Waals surface area contributed by atoms with Gasteiger partial charge in [0.2, 0.25) is 0 Å². The molecule has 1 spiro atoms. The molecule has 0 bridgehead atoms. The van der Waals surface area contributed by atoms with Gasteiger partial charge in [0.05, 0.1) is 0 Å². The van der Waals surface area contributed by atoms with E-state index in [1.807, 2.05) is 56.4 Å². The van der Waals surface area contributed by atoms with Crippen LogP contribution in [0.15, 0.2) is 48.5 Å². The van der Waals surface area contributed by atoms with Gasteiger partial charge in [-0.05, 0) is 0 Å². The molecule has 0 aliphatic carbocycles. The Morgan fingerprint density at radius 2 is 1.43 bits per heavy atom. The fourth-order valence-corrected chi connectivity index (χ4v) is 26.1. The van der Waals surface area contributed by atoms with E-state index in [0.29, 0.717) is 17.1 Å². The third-order valence-corrected chi connectivity index (χ3v) is 26.5. The molecule has 2 saturated heterocycles. The van der Waals surface area contributed by atoms with Crippen molar-refractivity contribution in [2.45, 2.75) is 28.9 Å². The van der Waals surface area contributed by atoms with Crippen molar-refractivity contribution in [2.75, 3.05) is 11.5 Å². The SMILES string of the molecule is O=C1OC2(c3ccccc31)c1ccc(O)c([As]3CCCC3)c1Oc1c2ccc(O)c1[As]1SCCS1. The van der Waals surface area contributed by atoms with Gasteiger partial charge in [-0.25, -0.2) is 0 Å². The molecule has 9 heteroatoms. The molecular weight excluding hydrogens is 606 g/mol. The van der Waals surface area contributed by atoms with E-state index in [-0.39, 0.29) is 17.5 Å². The molecule has 0 amide bonds. The monoisotopic (exact) mass is 628 g/mol. The number of carbonyl (C=O) groups excluding carboxylic acids is 1. The zero-order valence-electron chi connectivity index (χ0n) is 18.7. The summed E-state index contributed by atoms with van der Waals surface area (Å²) in [7, 11) is 3.87. The molecular formula is C26H22As2O5S2. The molecule has 0 saturated carbocycles. The van der Waals surface area contributed by atoms with E-state index in [0.717, 1.165) is 47.3 Å². The summed E-state index contributed by atoms with van der Waals surface area (Å²) in [4.78, 5) is 13.2. The van der Waals surface area contributed by atoms with Crippen molar-refractivity contribution in [3.63, 3.8) is 0 Å². The van der Waals surface area contributed by atoms with Crippen LogP contribution in [-0.4, -0.2) is 54.7 Å². The van der Waals surface area contributed by atoms with Crippen molar-refractivity contribution in [2.24, 2.45) is 0 Å². The van der Waals surface area contributed by atoms with Crippen LogP contribution < -0.4 is 13.4 Å². The van der Waals surface area contributed by atoms with Gasteiger partial charge in [-0.1, -0.05) is 0 Å². The predicted octanol–water partition coefficient (Wildman–Crippen LogP) is 4.34. The third kappa shape index (κ3) is 3.21. The first-order valence-corrected chi connectivity index (χ1v) is 22.7. The van der Waals surface area contributed by atoms with Gasteiger partial charge in [0.25, 0.3) is 0 Å². The Kier molecular flexibility index (Phi) is 5.44. The summed E-state index contributed by atoms with van der Waals surface area (Å²) in [5.41, 5.74) is 1.75. The molecule has 3 aromatic carbocycles. The first kappa shape index (κ1) is 22.5. The zero-order chi connectivity index (χ0) is 23.7. The first-order chi connectivity index (χ1) is 17.1.